The maximum atomic E-state index is 13.3. The zero-order valence-corrected chi connectivity index (χ0v) is 22.2. The summed E-state index contributed by atoms with van der Waals surface area (Å²) >= 11 is 12.7. The predicted molar refractivity (Wildman–Crippen MR) is 146 cm³/mol. The second kappa shape index (κ2) is 10.3. The van der Waals surface area contributed by atoms with Gasteiger partial charge in [0.1, 0.15) is 17.4 Å². The first kappa shape index (κ1) is 26.3. The largest absolute Gasteiger partial charge is 0.492 e. The van der Waals surface area contributed by atoms with E-state index in [2.05, 4.69) is 0 Å². The summed E-state index contributed by atoms with van der Waals surface area (Å²) in [4.78, 5) is 29.2. The summed E-state index contributed by atoms with van der Waals surface area (Å²) in [6.07, 6.45) is 0.486. The van der Waals surface area contributed by atoms with Gasteiger partial charge in [0, 0.05) is 12.2 Å². The molecule has 0 aromatic heterocycles. The number of rotatable bonds is 7. The highest BCUT2D eigenvalue weighted by atomic mass is 35.5. The number of benzene rings is 3. The van der Waals surface area contributed by atoms with Crippen LogP contribution in [0.5, 0.6) is 5.75 Å². The van der Waals surface area contributed by atoms with E-state index >= 15 is 0 Å². The van der Waals surface area contributed by atoms with Crippen molar-refractivity contribution in [3.8, 4) is 22.9 Å². The van der Waals surface area contributed by atoms with Crippen LogP contribution in [0.2, 0.25) is 10.0 Å². The third-order valence-electron chi connectivity index (χ3n) is 6.50. The van der Waals surface area contributed by atoms with Gasteiger partial charge in [-0.25, -0.2) is 9.69 Å². The fourth-order valence-corrected chi connectivity index (χ4v) is 4.74. The maximum absolute atomic E-state index is 13.3. The van der Waals surface area contributed by atoms with Crippen LogP contribution >= 0.6 is 23.2 Å². The molecule has 0 unspecified atom stereocenters. The van der Waals surface area contributed by atoms with Gasteiger partial charge in [0.15, 0.2) is 0 Å². The van der Waals surface area contributed by atoms with Gasteiger partial charge in [-0.2, -0.15) is 5.26 Å². The molecule has 3 amide bonds. The van der Waals surface area contributed by atoms with E-state index in [0.29, 0.717) is 47.3 Å². The first-order valence-corrected chi connectivity index (χ1v) is 12.5. The number of hydrogen-bond acceptors (Lipinski definition) is 5. The Hall–Kier alpha value is -3.73. The van der Waals surface area contributed by atoms with Crippen LogP contribution in [0.15, 0.2) is 54.6 Å². The number of amides is 3. The molecule has 7 nitrogen and oxygen atoms in total. The molecule has 0 radical (unpaired) electrons. The summed E-state index contributed by atoms with van der Waals surface area (Å²) in [5.41, 5.74) is 8.49. The SMILES string of the molecule is Cc1c(N2C(=O)N(CCCOc3ccc(-c4ccc(N)cc4)cc3Cl)C(C)(C)C2=O)ccc(C#N)c1Cl. The van der Waals surface area contributed by atoms with Gasteiger partial charge < -0.3 is 15.4 Å². The molecule has 37 heavy (non-hydrogen) atoms. The third-order valence-corrected chi connectivity index (χ3v) is 7.28. The number of nitriles is 1. The van der Waals surface area contributed by atoms with E-state index < -0.39 is 11.6 Å². The normalized spacial score (nSPS) is 14.7. The minimum atomic E-state index is -1.05. The molecule has 1 fully saturated rings. The van der Waals surface area contributed by atoms with Crippen LogP contribution in [0.3, 0.4) is 0 Å². The molecule has 3 aromatic rings. The number of ether oxygens (including phenoxy) is 1. The molecule has 0 aliphatic carbocycles. The molecule has 3 aromatic carbocycles. The van der Waals surface area contributed by atoms with Gasteiger partial charge in [0.25, 0.3) is 5.91 Å². The zero-order valence-electron chi connectivity index (χ0n) is 20.7. The average Bonchev–Trinajstić information content (AvgIpc) is 3.03. The van der Waals surface area contributed by atoms with Gasteiger partial charge in [0.05, 0.1) is 27.9 Å². The Labute approximate surface area is 225 Å². The molecule has 1 heterocycles. The van der Waals surface area contributed by atoms with Crippen molar-refractivity contribution in [3.63, 3.8) is 0 Å². The topological polar surface area (TPSA) is 99.7 Å². The number of halogens is 2. The lowest BCUT2D eigenvalue weighted by Crippen LogP contribution is -2.44. The summed E-state index contributed by atoms with van der Waals surface area (Å²) < 4.78 is 5.87. The number of nitrogens with zero attached hydrogens (tertiary/aromatic N) is 3. The van der Waals surface area contributed by atoms with Crippen molar-refractivity contribution in [1.82, 2.24) is 4.90 Å². The Morgan fingerprint density at radius 2 is 1.70 bits per heavy atom. The number of carbonyl (C=O) groups is 2. The van der Waals surface area contributed by atoms with E-state index in [-0.39, 0.29) is 16.5 Å². The Morgan fingerprint density at radius 3 is 2.35 bits per heavy atom. The van der Waals surface area contributed by atoms with Crippen molar-refractivity contribution in [2.24, 2.45) is 0 Å². The van der Waals surface area contributed by atoms with Crippen molar-refractivity contribution >= 4 is 46.5 Å². The molecule has 1 aliphatic heterocycles. The Morgan fingerprint density at radius 1 is 1.03 bits per heavy atom. The number of urea groups is 1. The monoisotopic (exact) mass is 536 g/mol. The molecule has 2 N–H and O–H groups in total. The van der Waals surface area contributed by atoms with Crippen molar-refractivity contribution < 1.29 is 14.3 Å². The standard InChI is InChI=1S/C28H26Cl2N4O3/c1-17-23(11-7-20(16-31)25(17)30)34-26(35)28(2,3)33(27(34)36)13-4-14-37-24-12-8-19(15-22(24)29)18-5-9-21(32)10-6-18/h5-12,15H,4,13-14,32H2,1-3H3. The van der Waals surface area contributed by atoms with Crippen molar-refractivity contribution in [1.29, 1.82) is 5.26 Å². The molecule has 1 saturated heterocycles. The zero-order chi connectivity index (χ0) is 26.9. The lowest BCUT2D eigenvalue weighted by Gasteiger charge is -2.27. The fraction of sp³-hybridized carbons (Fsp3) is 0.250. The van der Waals surface area contributed by atoms with Crippen LogP contribution in [0.1, 0.15) is 31.4 Å². The van der Waals surface area contributed by atoms with Crippen LogP contribution < -0.4 is 15.4 Å². The van der Waals surface area contributed by atoms with E-state index in [0.717, 1.165) is 16.0 Å². The molecule has 0 spiro atoms. The Balaban J connectivity index is 1.42. The number of carbonyl (C=O) groups excluding carboxylic acids is 2. The van der Waals surface area contributed by atoms with Crippen LogP contribution in [-0.4, -0.2) is 35.5 Å². The van der Waals surface area contributed by atoms with Crippen LogP contribution in [0.4, 0.5) is 16.2 Å². The van der Waals surface area contributed by atoms with E-state index in [1.807, 2.05) is 48.5 Å². The number of anilines is 2. The molecular weight excluding hydrogens is 511 g/mol. The van der Waals surface area contributed by atoms with E-state index in [1.165, 1.54) is 11.0 Å². The number of imide groups is 1. The first-order valence-electron chi connectivity index (χ1n) is 11.7. The molecule has 0 atom stereocenters. The molecular formula is C28H26Cl2N4O3. The Bertz CT molecular complexity index is 1410. The lowest BCUT2D eigenvalue weighted by molar-refractivity contribution is -0.123. The highest BCUT2D eigenvalue weighted by molar-refractivity contribution is 6.33. The number of nitrogen functional groups attached to an aromatic ring is 1. The van der Waals surface area contributed by atoms with Gasteiger partial charge in [-0.3, -0.25) is 4.79 Å². The minimum Gasteiger partial charge on any atom is -0.492 e. The molecule has 9 heteroatoms. The molecule has 4 rings (SSSR count). The minimum absolute atomic E-state index is 0.226. The summed E-state index contributed by atoms with van der Waals surface area (Å²) in [7, 11) is 0. The van der Waals surface area contributed by atoms with E-state index in [4.69, 9.17) is 33.7 Å². The van der Waals surface area contributed by atoms with Crippen LogP contribution in [0.25, 0.3) is 11.1 Å². The van der Waals surface area contributed by atoms with Crippen LogP contribution in [-0.2, 0) is 4.79 Å². The van der Waals surface area contributed by atoms with Crippen molar-refractivity contribution in [2.45, 2.75) is 32.7 Å². The van der Waals surface area contributed by atoms with Gasteiger partial charge in [0.2, 0.25) is 0 Å². The maximum Gasteiger partial charge on any atom is 0.332 e. The summed E-state index contributed by atoms with van der Waals surface area (Å²) in [5.74, 6) is 0.178. The van der Waals surface area contributed by atoms with Crippen LogP contribution in [0, 0.1) is 18.3 Å². The fourth-order valence-electron chi connectivity index (χ4n) is 4.30. The summed E-state index contributed by atoms with van der Waals surface area (Å²) in [5, 5.41) is 9.91. The third kappa shape index (κ3) is 4.95. The predicted octanol–water partition coefficient (Wildman–Crippen LogP) is 6.44. The van der Waals surface area contributed by atoms with E-state index in [9.17, 15) is 14.9 Å². The second-order valence-corrected chi connectivity index (χ2v) is 10.1. The summed E-state index contributed by atoms with van der Waals surface area (Å²) in [6, 6.07) is 17.7. The van der Waals surface area contributed by atoms with Gasteiger partial charge in [-0.15, -0.1) is 0 Å². The van der Waals surface area contributed by atoms with Gasteiger partial charge in [-0.1, -0.05) is 41.4 Å². The summed E-state index contributed by atoms with van der Waals surface area (Å²) in [6.45, 7) is 5.71. The number of nitrogens with two attached hydrogens (primary N) is 1. The number of hydrogen-bond donors (Lipinski definition) is 1. The van der Waals surface area contributed by atoms with Crippen molar-refractivity contribution in [3.05, 3.63) is 75.8 Å². The van der Waals surface area contributed by atoms with Gasteiger partial charge >= 0.3 is 6.03 Å². The lowest BCUT2D eigenvalue weighted by atomic mass is 10.0. The highest BCUT2D eigenvalue weighted by Gasteiger charge is 2.51. The molecule has 0 bridgehead atoms. The first-order chi connectivity index (χ1) is 17.6. The molecule has 190 valence electrons. The average molecular weight is 537 g/mol. The molecule has 1 aliphatic rings. The molecule has 0 saturated carbocycles. The van der Waals surface area contributed by atoms with Crippen molar-refractivity contribution in [2.75, 3.05) is 23.8 Å². The second-order valence-electron chi connectivity index (χ2n) is 9.29. The van der Waals surface area contributed by atoms with Gasteiger partial charge in [-0.05, 0) is 80.3 Å². The Kier molecular flexibility index (Phi) is 7.35. The van der Waals surface area contributed by atoms with E-state index in [1.54, 1.807) is 26.8 Å². The highest BCUT2D eigenvalue weighted by Crippen LogP contribution is 2.37. The quantitative estimate of drug-likeness (QED) is 0.213. The smallest absolute Gasteiger partial charge is 0.332 e.